The van der Waals surface area contributed by atoms with Crippen molar-refractivity contribution in [1.29, 1.82) is 0 Å². The molecular weight excluding hydrogens is 410 g/mol. The van der Waals surface area contributed by atoms with Gasteiger partial charge in [0.1, 0.15) is 0 Å². The number of benzene rings is 2. The van der Waals surface area contributed by atoms with Crippen LogP contribution < -0.4 is 10.6 Å². The highest BCUT2D eigenvalue weighted by Gasteiger charge is 2.29. The first-order chi connectivity index (χ1) is 14.9. The van der Waals surface area contributed by atoms with Gasteiger partial charge in [-0.05, 0) is 38.1 Å². The van der Waals surface area contributed by atoms with Crippen LogP contribution in [0.25, 0.3) is 0 Å². The zero-order chi connectivity index (χ0) is 22.3. The SMILES string of the molecule is CCNC(=NCc1ccccc1S(=O)(=O)N1CCN(C)CC1)NC(C)c1ccccc1. The molecular formula is C23H33N5O2S. The quantitative estimate of drug-likeness (QED) is 0.508. The second-order valence-electron chi connectivity index (χ2n) is 7.79. The number of aliphatic imine (C=N–C) groups is 1. The van der Waals surface area contributed by atoms with E-state index in [1.807, 2.05) is 44.3 Å². The summed E-state index contributed by atoms with van der Waals surface area (Å²) in [6.45, 7) is 7.58. The summed E-state index contributed by atoms with van der Waals surface area (Å²) in [6, 6.07) is 17.4. The third-order valence-electron chi connectivity index (χ3n) is 5.46. The van der Waals surface area contributed by atoms with Crippen LogP contribution in [0.15, 0.2) is 64.5 Å². The van der Waals surface area contributed by atoms with Crippen LogP contribution in [0.3, 0.4) is 0 Å². The molecule has 7 nitrogen and oxygen atoms in total. The Morgan fingerprint density at radius 3 is 2.35 bits per heavy atom. The highest BCUT2D eigenvalue weighted by molar-refractivity contribution is 7.89. The Morgan fingerprint density at radius 2 is 1.68 bits per heavy atom. The van der Waals surface area contributed by atoms with Gasteiger partial charge in [0.25, 0.3) is 0 Å². The van der Waals surface area contributed by atoms with Crippen LogP contribution in [-0.2, 0) is 16.6 Å². The van der Waals surface area contributed by atoms with Gasteiger partial charge >= 0.3 is 0 Å². The standard InChI is InChI=1S/C23H33N5O2S/c1-4-24-23(26-19(2)20-10-6-5-7-11-20)25-18-21-12-8-9-13-22(21)31(29,30)28-16-14-27(3)15-17-28/h5-13,19H,4,14-18H2,1-3H3,(H2,24,25,26). The highest BCUT2D eigenvalue weighted by atomic mass is 32.2. The number of likely N-dealkylation sites (N-methyl/N-ethyl adjacent to an activating group) is 1. The Morgan fingerprint density at radius 1 is 1.03 bits per heavy atom. The van der Waals surface area contributed by atoms with E-state index in [0.717, 1.165) is 18.7 Å². The van der Waals surface area contributed by atoms with E-state index in [1.54, 1.807) is 16.4 Å². The summed E-state index contributed by atoms with van der Waals surface area (Å²) < 4.78 is 28.1. The van der Waals surface area contributed by atoms with E-state index in [2.05, 4.69) is 39.6 Å². The van der Waals surface area contributed by atoms with Crippen molar-refractivity contribution in [1.82, 2.24) is 19.8 Å². The lowest BCUT2D eigenvalue weighted by Crippen LogP contribution is -2.47. The van der Waals surface area contributed by atoms with Crippen molar-refractivity contribution in [3.63, 3.8) is 0 Å². The number of piperazine rings is 1. The van der Waals surface area contributed by atoms with E-state index < -0.39 is 10.0 Å². The monoisotopic (exact) mass is 443 g/mol. The lowest BCUT2D eigenvalue weighted by atomic mass is 10.1. The van der Waals surface area contributed by atoms with E-state index in [4.69, 9.17) is 0 Å². The van der Waals surface area contributed by atoms with Gasteiger partial charge in [0.05, 0.1) is 17.5 Å². The third kappa shape index (κ3) is 6.06. The van der Waals surface area contributed by atoms with E-state index in [-0.39, 0.29) is 12.6 Å². The van der Waals surface area contributed by atoms with E-state index in [0.29, 0.717) is 36.1 Å². The molecule has 1 atom stereocenters. The lowest BCUT2D eigenvalue weighted by molar-refractivity contribution is 0.222. The van der Waals surface area contributed by atoms with Crippen molar-refractivity contribution in [2.24, 2.45) is 4.99 Å². The average molecular weight is 444 g/mol. The molecule has 1 unspecified atom stereocenters. The molecule has 1 heterocycles. The van der Waals surface area contributed by atoms with Gasteiger partial charge in [-0.15, -0.1) is 0 Å². The zero-order valence-corrected chi connectivity index (χ0v) is 19.4. The van der Waals surface area contributed by atoms with Crippen LogP contribution >= 0.6 is 0 Å². The van der Waals surface area contributed by atoms with Gasteiger partial charge in [-0.25, -0.2) is 13.4 Å². The van der Waals surface area contributed by atoms with Crippen molar-refractivity contribution in [2.45, 2.75) is 31.3 Å². The predicted molar refractivity (Wildman–Crippen MR) is 126 cm³/mol. The van der Waals surface area contributed by atoms with Gasteiger partial charge in [-0.3, -0.25) is 0 Å². The zero-order valence-electron chi connectivity index (χ0n) is 18.6. The Bertz CT molecular complexity index is 970. The number of hydrogen-bond acceptors (Lipinski definition) is 4. The molecule has 2 N–H and O–H groups in total. The number of nitrogens with zero attached hydrogens (tertiary/aromatic N) is 3. The van der Waals surface area contributed by atoms with Gasteiger partial charge in [-0.1, -0.05) is 48.5 Å². The van der Waals surface area contributed by atoms with E-state index >= 15 is 0 Å². The molecule has 168 valence electrons. The van der Waals surface area contributed by atoms with Crippen molar-refractivity contribution in [2.75, 3.05) is 39.8 Å². The van der Waals surface area contributed by atoms with Gasteiger partial charge in [0, 0.05) is 32.7 Å². The highest BCUT2D eigenvalue weighted by Crippen LogP contribution is 2.22. The third-order valence-corrected chi connectivity index (χ3v) is 7.46. The molecule has 31 heavy (non-hydrogen) atoms. The Hall–Kier alpha value is -2.42. The average Bonchev–Trinajstić information content (AvgIpc) is 2.78. The molecule has 0 spiro atoms. The van der Waals surface area contributed by atoms with Crippen molar-refractivity contribution in [3.8, 4) is 0 Å². The Balaban J connectivity index is 1.78. The molecule has 1 aliphatic rings. The summed E-state index contributed by atoms with van der Waals surface area (Å²) in [6.07, 6.45) is 0. The minimum Gasteiger partial charge on any atom is -0.357 e. The fraction of sp³-hybridized carbons (Fsp3) is 0.435. The normalized spacial score (nSPS) is 17.3. The van der Waals surface area contributed by atoms with Gasteiger partial charge in [0.15, 0.2) is 5.96 Å². The van der Waals surface area contributed by atoms with Crippen LogP contribution in [-0.4, -0.2) is 63.4 Å². The Labute approximate surface area is 186 Å². The van der Waals surface area contributed by atoms with Crippen LogP contribution in [0.1, 0.15) is 31.0 Å². The number of hydrogen-bond donors (Lipinski definition) is 2. The summed E-state index contributed by atoms with van der Waals surface area (Å²) in [5.74, 6) is 0.658. The Kier molecular flexibility index (Phi) is 8.06. The largest absolute Gasteiger partial charge is 0.357 e. The topological polar surface area (TPSA) is 77.0 Å². The summed E-state index contributed by atoms with van der Waals surface area (Å²) in [4.78, 5) is 7.17. The number of guanidine groups is 1. The molecule has 0 aliphatic carbocycles. The summed E-state index contributed by atoms with van der Waals surface area (Å²) in [5, 5.41) is 6.66. The molecule has 1 saturated heterocycles. The predicted octanol–water partition coefficient (Wildman–Crippen LogP) is 2.44. The van der Waals surface area contributed by atoms with Gasteiger partial charge in [-0.2, -0.15) is 4.31 Å². The second kappa shape index (κ2) is 10.7. The van der Waals surface area contributed by atoms with Crippen LogP contribution in [0, 0.1) is 0 Å². The molecule has 0 saturated carbocycles. The molecule has 1 fully saturated rings. The first kappa shape index (κ1) is 23.2. The summed E-state index contributed by atoms with van der Waals surface area (Å²) in [7, 11) is -1.53. The lowest BCUT2D eigenvalue weighted by Gasteiger charge is -2.32. The van der Waals surface area contributed by atoms with E-state index in [9.17, 15) is 8.42 Å². The number of nitrogens with one attached hydrogen (secondary N) is 2. The molecule has 0 radical (unpaired) electrons. The van der Waals surface area contributed by atoms with E-state index in [1.165, 1.54) is 0 Å². The maximum Gasteiger partial charge on any atom is 0.243 e. The first-order valence-corrected chi connectivity index (χ1v) is 12.2. The summed E-state index contributed by atoms with van der Waals surface area (Å²) in [5.41, 5.74) is 1.86. The molecule has 3 rings (SSSR count). The molecule has 0 amide bonds. The fourth-order valence-electron chi connectivity index (χ4n) is 3.57. The van der Waals surface area contributed by atoms with Crippen molar-refractivity contribution >= 4 is 16.0 Å². The molecule has 1 aliphatic heterocycles. The molecule has 2 aromatic carbocycles. The fourth-order valence-corrected chi connectivity index (χ4v) is 5.20. The van der Waals surface area contributed by atoms with Gasteiger partial charge < -0.3 is 15.5 Å². The minimum atomic E-state index is -3.55. The first-order valence-electron chi connectivity index (χ1n) is 10.8. The van der Waals surface area contributed by atoms with Gasteiger partial charge in [0.2, 0.25) is 10.0 Å². The van der Waals surface area contributed by atoms with Crippen molar-refractivity contribution in [3.05, 3.63) is 65.7 Å². The number of sulfonamides is 1. The molecule has 0 bridgehead atoms. The van der Waals surface area contributed by atoms with Crippen LogP contribution in [0.5, 0.6) is 0 Å². The number of rotatable bonds is 7. The summed E-state index contributed by atoms with van der Waals surface area (Å²) >= 11 is 0. The maximum absolute atomic E-state index is 13.3. The minimum absolute atomic E-state index is 0.0725. The van der Waals surface area contributed by atoms with Crippen LogP contribution in [0.2, 0.25) is 0 Å². The molecule has 2 aromatic rings. The van der Waals surface area contributed by atoms with Crippen LogP contribution in [0.4, 0.5) is 0 Å². The molecule has 0 aromatic heterocycles. The van der Waals surface area contributed by atoms with Crippen molar-refractivity contribution < 1.29 is 8.42 Å². The second-order valence-corrected chi connectivity index (χ2v) is 9.69. The molecule has 8 heteroatoms. The maximum atomic E-state index is 13.3. The smallest absolute Gasteiger partial charge is 0.243 e.